The van der Waals surface area contributed by atoms with Crippen LogP contribution in [0.2, 0.25) is 0 Å². The summed E-state index contributed by atoms with van der Waals surface area (Å²) in [6, 6.07) is 3.84. The van der Waals surface area contributed by atoms with Gasteiger partial charge in [-0.05, 0) is 44.4 Å². The normalized spacial score (nSPS) is 10.2. The number of rotatable bonds is 5. The van der Waals surface area contributed by atoms with Gasteiger partial charge >= 0.3 is 0 Å². The highest BCUT2D eigenvalue weighted by Gasteiger charge is 2.03. The Hall–Kier alpha value is -1.09. The summed E-state index contributed by atoms with van der Waals surface area (Å²) in [6.07, 6.45) is 2.19. The summed E-state index contributed by atoms with van der Waals surface area (Å²) in [6.45, 7) is 3.90. The van der Waals surface area contributed by atoms with E-state index in [0.29, 0.717) is 18.1 Å². The van der Waals surface area contributed by atoms with Gasteiger partial charge in [-0.1, -0.05) is 0 Å². The van der Waals surface area contributed by atoms with Crippen LogP contribution < -0.4 is 5.32 Å². The number of hydrogen-bond donors (Lipinski definition) is 1. The molecule has 0 radical (unpaired) electrons. The third-order valence-electron chi connectivity index (χ3n) is 2.15. The van der Waals surface area contributed by atoms with Crippen LogP contribution in [0.3, 0.4) is 0 Å². The number of aryl methyl sites for hydroxylation is 2. The van der Waals surface area contributed by atoms with Crippen LogP contribution in [0.15, 0.2) is 12.1 Å². The van der Waals surface area contributed by atoms with E-state index in [1.54, 1.807) is 0 Å². The van der Waals surface area contributed by atoms with Crippen molar-refractivity contribution in [3.05, 3.63) is 23.4 Å². The molecule has 0 saturated carbocycles. The largest absolute Gasteiger partial charge is 0.311 e. The van der Waals surface area contributed by atoms with Crippen LogP contribution in [0.25, 0.3) is 0 Å². The molecular formula is C12H17ClN2O. The molecule has 0 unspecified atom stereocenters. The lowest BCUT2D eigenvalue weighted by molar-refractivity contribution is -0.116. The molecule has 1 amide bonds. The second-order valence-corrected chi connectivity index (χ2v) is 4.24. The van der Waals surface area contributed by atoms with Crippen LogP contribution in [-0.2, 0) is 4.79 Å². The highest BCUT2D eigenvalue weighted by atomic mass is 35.5. The number of anilines is 1. The number of amides is 1. The maximum Gasteiger partial charge on any atom is 0.225 e. The first-order valence-corrected chi connectivity index (χ1v) is 5.96. The molecule has 0 spiro atoms. The minimum Gasteiger partial charge on any atom is -0.311 e. The second kappa shape index (κ2) is 6.48. The molecule has 4 heteroatoms. The van der Waals surface area contributed by atoms with Gasteiger partial charge in [0.15, 0.2) is 0 Å². The Morgan fingerprint density at radius 3 is 2.75 bits per heavy atom. The molecule has 0 aliphatic carbocycles. The first-order chi connectivity index (χ1) is 7.61. The van der Waals surface area contributed by atoms with E-state index in [-0.39, 0.29) is 5.91 Å². The summed E-state index contributed by atoms with van der Waals surface area (Å²) in [5, 5.41) is 2.79. The molecule has 16 heavy (non-hydrogen) atoms. The molecule has 0 fully saturated rings. The molecule has 0 bridgehead atoms. The number of hydrogen-bond acceptors (Lipinski definition) is 2. The zero-order chi connectivity index (χ0) is 12.0. The van der Waals surface area contributed by atoms with E-state index in [0.717, 1.165) is 24.1 Å². The van der Waals surface area contributed by atoms with Gasteiger partial charge in [-0.3, -0.25) is 4.79 Å². The Morgan fingerprint density at radius 1 is 1.38 bits per heavy atom. The fraction of sp³-hybridized carbons (Fsp3) is 0.500. The Kier molecular flexibility index (Phi) is 5.26. The molecule has 1 N–H and O–H groups in total. The number of carbonyl (C=O) groups excluding carboxylic acids is 1. The minimum absolute atomic E-state index is 0.00242. The van der Waals surface area contributed by atoms with Crippen LogP contribution >= 0.6 is 11.6 Å². The van der Waals surface area contributed by atoms with Crippen molar-refractivity contribution < 1.29 is 4.79 Å². The van der Waals surface area contributed by atoms with Gasteiger partial charge in [0, 0.05) is 18.0 Å². The van der Waals surface area contributed by atoms with E-state index in [4.69, 9.17) is 11.6 Å². The lowest BCUT2D eigenvalue weighted by atomic mass is 10.2. The lowest BCUT2D eigenvalue weighted by Gasteiger charge is -2.06. The summed E-state index contributed by atoms with van der Waals surface area (Å²) in [5.74, 6) is 1.24. The fourth-order valence-electron chi connectivity index (χ4n) is 1.49. The maximum absolute atomic E-state index is 11.5. The van der Waals surface area contributed by atoms with Gasteiger partial charge in [-0.2, -0.15) is 0 Å². The number of unbranched alkanes of at least 4 members (excludes halogenated alkanes) is 1. The van der Waals surface area contributed by atoms with Crippen LogP contribution in [0.1, 0.15) is 30.5 Å². The molecule has 0 aliphatic heterocycles. The van der Waals surface area contributed by atoms with E-state index < -0.39 is 0 Å². The number of pyridine rings is 1. The monoisotopic (exact) mass is 240 g/mol. The topological polar surface area (TPSA) is 42.0 Å². The third-order valence-corrected chi connectivity index (χ3v) is 2.42. The molecule has 3 nitrogen and oxygen atoms in total. The molecule has 1 heterocycles. The first-order valence-electron chi connectivity index (χ1n) is 5.43. The summed E-state index contributed by atoms with van der Waals surface area (Å²) >= 11 is 5.54. The molecular weight excluding hydrogens is 224 g/mol. The van der Waals surface area contributed by atoms with Crippen molar-refractivity contribution >= 4 is 23.3 Å². The SMILES string of the molecule is Cc1cc(C)nc(NC(=O)CCCCCl)c1. The van der Waals surface area contributed by atoms with E-state index in [2.05, 4.69) is 10.3 Å². The van der Waals surface area contributed by atoms with Crippen molar-refractivity contribution in [2.75, 3.05) is 11.2 Å². The standard InChI is InChI=1S/C12H17ClN2O/c1-9-7-10(2)14-11(8-9)15-12(16)5-3-4-6-13/h7-8H,3-6H2,1-2H3,(H,14,15,16). The number of carbonyl (C=O) groups is 1. The number of nitrogens with one attached hydrogen (secondary N) is 1. The van der Waals surface area contributed by atoms with E-state index in [9.17, 15) is 4.79 Å². The predicted octanol–water partition coefficient (Wildman–Crippen LogP) is 3.05. The lowest BCUT2D eigenvalue weighted by Crippen LogP contribution is -2.12. The number of halogens is 1. The Morgan fingerprint density at radius 2 is 2.12 bits per heavy atom. The minimum atomic E-state index is 0.00242. The third kappa shape index (κ3) is 4.62. The van der Waals surface area contributed by atoms with Gasteiger partial charge in [-0.15, -0.1) is 11.6 Å². The summed E-state index contributed by atoms with van der Waals surface area (Å²) in [5.41, 5.74) is 2.01. The average molecular weight is 241 g/mol. The van der Waals surface area contributed by atoms with Gasteiger partial charge in [0.2, 0.25) is 5.91 Å². The van der Waals surface area contributed by atoms with Crippen molar-refractivity contribution in [3.8, 4) is 0 Å². The first kappa shape index (κ1) is 13.0. The maximum atomic E-state index is 11.5. The zero-order valence-corrected chi connectivity index (χ0v) is 10.5. The summed E-state index contributed by atoms with van der Waals surface area (Å²) in [7, 11) is 0. The summed E-state index contributed by atoms with van der Waals surface area (Å²) in [4.78, 5) is 15.8. The van der Waals surface area contributed by atoms with Crippen LogP contribution in [0.4, 0.5) is 5.82 Å². The van der Waals surface area contributed by atoms with Crippen molar-refractivity contribution in [2.24, 2.45) is 0 Å². The molecule has 0 aromatic carbocycles. The molecule has 0 aliphatic rings. The van der Waals surface area contributed by atoms with Gasteiger partial charge in [0.25, 0.3) is 0 Å². The Balaban J connectivity index is 2.49. The highest BCUT2D eigenvalue weighted by Crippen LogP contribution is 2.09. The van der Waals surface area contributed by atoms with E-state index in [1.165, 1.54) is 0 Å². The van der Waals surface area contributed by atoms with Crippen molar-refractivity contribution in [1.29, 1.82) is 0 Å². The Bertz CT molecular complexity index is 346. The van der Waals surface area contributed by atoms with Gasteiger partial charge in [0.1, 0.15) is 5.82 Å². The van der Waals surface area contributed by atoms with Gasteiger partial charge < -0.3 is 5.32 Å². The average Bonchev–Trinajstić information content (AvgIpc) is 2.16. The predicted molar refractivity (Wildman–Crippen MR) is 66.9 cm³/mol. The molecule has 88 valence electrons. The van der Waals surface area contributed by atoms with Crippen LogP contribution in [0, 0.1) is 13.8 Å². The van der Waals surface area contributed by atoms with Crippen LogP contribution in [-0.4, -0.2) is 16.8 Å². The van der Waals surface area contributed by atoms with Crippen molar-refractivity contribution in [3.63, 3.8) is 0 Å². The quantitative estimate of drug-likeness (QED) is 0.635. The van der Waals surface area contributed by atoms with E-state index in [1.807, 2.05) is 26.0 Å². The molecule has 0 atom stereocenters. The highest BCUT2D eigenvalue weighted by molar-refractivity contribution is 6.17. The summed E-state index contributed by atoms with van der Waals surface area (Å²) < 4.78 is 0. The van der Waals surface area contributed by atoms with E-state index >= 15 is 0 Å². The Labute approximate surface area is 101 Å². The molecule has 1 rings (SSSR count). The molecule has 0 saturated heterocycles. The van der Waals surface area contributed by atoms with Gasteiger partial charge in [0.05, 0.1) is 0 Å². The smallest absolute Gasteiger partial charge is 0.225 e. The second-order valence-electron chi connectivity index (χ2n) is 3.87. The molecule has 1 aromatic heterocycles. The number of alkyl halides is 1. The number of aromatic nitrogens is 1. The van der Waals surface area contributed by atoms with Crippen molar-refractivity contribution in [2.45, 2.75) is 33.1 Å². The zero-order valence-electron chi connectivity index (χ0n) is 9.72. The van der Waals surface area contributed by atoms with Crippen molar-refractivity contribution in [1.82, 2.24) is 4.98 Å². The molecule has 1 aromatic rings. The van der Waals surface area contributed by atoms with Crippen LogP contribution in [0.5, 0.6) is 0 Å². The van der Waals surface area contributed by atoms with Gasteiger partial charge in [-0.25, -0.2) is 4.98 Å². The fourth-order valence-corrected chi connectivity index (χ4v) is 1.68. The number of nitrogens with zero attached hydrogens (tertiary/aromatic N) is 1.